The van der Waals surface area contributed by atoms with Gasteiger partial charge >= 0.3 is 0 Å². The number of hydrogen-bond acceptors (Lipinski definition) is 3. The number of hydrogen-bond donors (Lipinski definition) is 1. The minimum absolute atomic E-state index is 0.0517. The van der Waals surface area contributed by atoms with Gasteiger partial charge in [0.05, 0.1) is 12.6 Å². The van der Waals surface area contributed by atoms with Crippen molar-refractivity contribution in [2.45, 2.75) is 71.4 Å². The van der Waals surface area contributed by atoms with Gasteiger partial charge in [-0.3, -0.25) is 9.69 Å². The molecule has 1 rings (SSSR count). The number of piperidine rings is 1. The number of carbonyl (C=O) groups is 2. The second-order valence-corrected chi connectivity index (χ2v) is 6.46. The molecule has 0 bridgehead atoms. The molecule has 1 fully saturated rings. The van der Waals surface area contributed by atoms with Crippen LogP contribution >= 0.6 is 0 Å². The first-order valence-corrected chi connectivity index (χ1v) is 8.01. The molecule has 4 heteroatoms. The standard InChI is InChI=1S/C16H30N2O2/c1-13(2)7-6-8-14(3)17-16(20)11-18-10-5-4-9-15(18)12-19/h12-15H,4-11H2,1-3H3,(H,17,20). The molecule has 1 aliphatic rings. The molecule has 0 spiro atoms. The van der Waals surface area contributed by atoms with Gasteiger partial charge in [0.1, 0.15) is 6.29 Å². The number of nitrogens with zero attached hydrogens (tertiary/aromatic N) is 1. The Kier molecular flexibility index (Phi) is 7.82. The molecular weight excluding hydrogens is 252 g/mol. The van der Waals surface area contributed by atoms with Gasteiger partial charge in [-0.25, -0.2) is 0 Å². The van der Waals surface area contributed by atoms with E-state index in [1.807, 2.05) is 4.90 Å². The summed E-state index contributed by atoms with van der Waals surface area (Å²) in [6.07, 6.45) is 7.44. The van der Waals surface area contributed by atoms with Gasteiger partial charge < -0.3 is 10.1 Å². The maximum absolute atomic E-state index is 12.0. The lowest BCUT2D eigenvalue weighted by Gasteiger charge is -2.31. The SMILES string of the molecule is CC(C)CCCC(C)NC(=O)CN1CCCCC1C=O. The summed E-state index contributed by atoms with van der Waals surface area (Å²) < 4.78 is 0. The second-order valence-electron chi connectivity index (χ2n) is 6.46. The van der Waals surface area contributed by atoms with Crippen LogP contribution in [0.5, 0.6) is 0 Å². The van der Waals surface area contributed by atoms with Crippen LogP contribution in [-0.4, -0.2) is 42.3 Å². The third-order valence-corrected chi connectivity index (χ3v) is 3.99. The summed E-state index contributed by atoms with van der Waals surface area (Å²) in [5.74, 6) is 0.774. The Morgan fingerprint density at radius 1 is 1.30 bits per heavy atom. The molecule has 2 unspecified atom stereocenters. The number of aldehydes is 1. The molecule has 2 atom stereocenters. The van der Waals surface area contributed by atoms with Crippen LogP contribution < -0.4 is 5.32 Å². The highest BCUT2D eigenvalue weighted by Gasteiger charge is 2.23. The Morgan fingerprint density at radius 2 is 2.05 bits per heavy atom. The van der Waals surface area contributed by atoms with E-state index in [1.165, 1.54) is 6.42 Å². The normalized spacial score (nSPS) is 21.7. The third-order valence-electron chi connectivity index (χ3n) is 3.99. The van der Waals surface area contributed by atoms with Crippen molar-refractivity contribution in [3.8, 4) is 0 Å². The molecule has 0 saturated carbocycles. The van der Waals surface area contributed by atoms with Crippen molar-refractivity contribution >= 4 is 12.2 Å². The van der Waals surface area contributed by atoms with E-state index in [9.17, 15) is 9.59 Å². The molecule has 20 heavy (non-hydrogen) atoms. The van der Waals surface area contributed by atoms with Crippen molar-refractivity contribution in [3.05, 3.63) is 0 Å². The van der Waals surface area contributed by atoms with E-state index in [-0.39, 0.29) is 18.0 Å². The quantitative estimate of drug-likeness (QED) is 0.695. The van der Waals surface area contributed by atoms with Crippen molar-refractivity contribution < 1.29 is 9.59 Å². The summed E-state index contributed by atoms with van der Waals surface area (Å²) in [6.45, 7) is 7.72. The number of nitrogens with one attached hydrogen (secondary N) is 1. The van der Waals surface area contributed by atoms with Gasteiger partial charge in [-0.05, 0) is 38.6 Å². The summed E-state index contributed by atoms with van der Waals surface area (Å²) in [7, 11) is 0. The fourth-order valence-electron chi connectivity index (χ4n) is 2.78. The van der Waals surface area contributed by atoms with E-state index < -0.39 is 0 Å². The van der Waals surface area contributed by atoms with Crippen molar-refractivity contribution in [1.82, 2.24) is 10.2 Å². The van der Waals surface area contributed by atoms with E-state index in [0.29, 0.717) is 6.54 Å². The highest BCUT2D eigenvalue weighted by molar-refractivity contribution is 5.78. The van der Waals surface area contributed by atoms with Gasteiger partial charge in [0.25, 0.3) is 0 Å². The van der Waals surface area contributed by atoms with Crippen LogP contribution in [0, 0.1) is 5.92 Å². The molecule has 0 aromatic carbocycles. The summed E-state index contributed by atoms with van der Waals surface area (Å²) >= 11 is 0. The van der Waals surface area contributed by atoms with Crippen molar-refractivity contribution in [2.24, 2.45) is 5.92 Å². The monoisotopic (exact) mass is 282 g/mol. The summed E-state index contributed by atoms with van der Waals surface area (Å²) in [5, 5.41) is 3.05. The summed E-state index contributed by atoms with van der Waals surface area (Å²) in [4.78, 5) is 25.0. The van der Waals surface area contributed by atoms with Crippen LogP contribution in [0.15, 0.2) is 0 Å². The van der Waals surface area contributed by atoms with Gasteiger partial charge in [0, 0.05) is 6.04 Å². The molecule has 1 aliphatic heterocycles. The van der Waals surface area contributed by atoms with Crippen molar-refractivity contribution in [1.29, 1.82) is 0 Å². The maximum Gasteiger partial charge on any atom is 0.234 e. The number of likely N-dealkylation sites (tertiary alicyclic amines) is 1. The van der Waals surface area contributed by atoms with E-state index in [4.69, 9.17) is 0 Å². The minimum Gasteiger partial charge on any atom is -0.353 e. The molecule has 1 saturated heterocycles. The molecule has 4 nitrogen and oxygen atoms in total. The van der Waals surface area contributed by atoms with Gasteiger partial charge in [-0.1, -0.05) is 33.1 Å². The van der Waals surface area contributed by atoms with Crippen LogP contribution in [0.4, 0.5) is 0 Å². The fourth-order valence-corrected chi connectivity index (χ4v) is 2.78. The molecule has 1 N–H and O–H groups in total. The zero-order valence-corrected chi connectivity index (χ0v) is 13.2. The summed E-state index contributed by atoms with van der Waals surface area (Å²) in [6, 6.07) is 0.159. The molecule has 0 radical (unpaired) electrons. The van der Waals surface area contributed by atoms with E-state index in [2.05, 4.69) is 26.1 Å². The lowest BCUT2D eigenvalue weighted by molar-refractivity contribution is -0.124. The topological polar surface area (TPSA) is 49.4 Å². The zero-order chi connectivity index (χ0) is 15.0. The highest BCUT2D eigenvalue weighted by Crippen LogP contribution is 2.15. The van der Waals surface area contributed by atoms with Crippen molar-refractivity contribution in [3.63, 3.8) is 0 Å². The number of amides is 1. The maximum atomic E-state index is 12.0. The smallest absolute Gasteiger partial charge is 0.234 e. The molecule has 116 valence electrons. The number of rotatable bonds is 8. The first-order valence-electron chi connectivity index (χ1n) is 8.01. The van der Waals surface area contributed by atoms with Crippen LogP contribution in [-0.2, 0) is 9.59 Å². The minimum atomic E-state index is -0.0641. The van der Waals surface area contributed by atoms with Crippen molar-refractivity contribution in [2.75, 3.05) is 13.1 Å². The average molecular weight is 282 g/mol. The van der Waals surface area contributed by atoms with Crippen LogP contribution in [0.2, 0.25) is 0 Å². The predicted octanol–water partition coefficient (Wildman–Crippen LogP) is 2.37. The van der Waals surface area contributed by atoms with E-state index >= 15 is 0 Å². The van der Waals surface area contributed by atoms with Gasteiger partial charge in [-0.15, -0.1) is 0 Å². The Hall–Kier alpha value is -0.900. The van der Waals surface area contributed by atoms with E-state index in [1.54, 1.807) is 0 Å². The van der Waals surface area contributed by atoms with Gasteiger partial charge in [-0.2, -0.15) is 0 Å². The first kappa shape index (κ1) is 17.2. The lowest BCUT2D eigenvalue weighted by atomic mass is 10.0. The molecule has 0 aromatic rings. The molecule has 1 heterocycles. The highest BCUT2D eigenvalue weighted by atomic mass is 16.2. The molecular formula is C16H30N2O2. The lowest BCUT2D eigenvalue weighted by Crippen LogP contribution is -2.47. The Bertz CT molecular complexity index is 305. The van der Waals surface area contributed by atoms with Crippen LogP contribution in [0.25, 0.3) is 0 Å². The first-order chi connectivity index (χ1) is 9.52. The van der Waals surface area contributed by atoms with Crippen LogP contribution in [0.1, 0.15) is 59.3 Å². The van der Waals surface area contributed by atoms with Gasteiger partial charge in [0.15, 0.2) is 0 Å². The average Bonchev–Trinajstić information content (AvgIpc) is 2.38. The Morgan fingerprint density at radius 3 is 2.70 bits per heavy atom. The number of carbonyl (C=O) groups excluding carboxylic acids is 2. The third kappa shape index (κ3) is 6.51. The largest absolute Gasteiger partial charge is 0.353 e. The Balaban J connectivity index is 2.25. The predicted molar refractivity (Wildman–Crippen MR) is 81.6 cm³/mol. The summed E-state index contributed by atoms with van der Waals surface area (Å²) in [5.41, 5.74) is 0. The van der Waals surface area contributed by atoms with Gasteiger partial charge in [0.2, 0.25) is 5.91 Å². The zero-order valence-electron chi connectivity index (χ0n) is 13.2. The molecule has 0 aliphatic carbocycles. The Labute approximate surface area is 123 Å². The second kappa shape index (κ2) is 9.11. The molecule has 1 amide bonds. The van der Waals surface area contributed by atoms with E-state index in [0.717, 1.165) is 50.9 Å². The van der Waals surface area contributed by atoms with Crippen LogP contribution in [0.3, 0.4) is 0 Å². The molecule has 0 aromatic heterocycles. The fraction of sp³-hybridized carbons (Fsp3) is 0.875.